The van der Waals surface area contributed by atoms with Gasteiger partial charge in [-0.05, 0) is 79.6 Å². The molecule has 1 aliphatic carbocycles. The highest BCUT2D eigenvalue weighted by Crippen LogP contribution is 2.47. The van der Waals surface area contributed by atoms with Gasteiger partial charge in [0.25, 0.3) is 5.91 Å². The molecular formula is C38H40N4O5S. The number of aromatic nitrogens is 2. The lowest BCUT2D eigenvalue weighted by Gasteiger charge is -2.23. The van der Waals surface area contributed by atoms with E-state index in [0.29, 0.717) is 36.7 Å². The van der Waals surface area contributed by atoms with Crippen LogP contribution in [0.1, 0.15) is 76.3 Å². The number of aryl methyl sites for hydroxylation is 1. The van der Waals surface area contributed by atoms with Gasteiger partial charge in [0.2, 0.25) is 0 Å². The zero-order chi connectivity index (χ0) is 33.4. The van der Waals surface area contributed by atoms with Crippen LogP contribution in [0.25, 0.3) is 22.2 Å². The Balaban J connectivity index is 1.25. The largest absolute Gasteiger partial charge is 0.497 e. The summed E-state index contributed by atoms with van der Waals surface area (Å²) in [5, 5.41) is 16.7. The number of methoxy groups -OCH3 is 1. The number of hydrogen-bond acceptors (Lipinski definition) is 6. The summed E-state index contributed by atoms with van der Waals surface area (Å²) in [6.45, 7) is 3.15. The summed E-state index contributed by atoms with van der Waals surface area (Å²) in [5.41, 5.74) is 7.61. The number of ether oxygens (including phenoxy) is 2. The highest BCUT2D eigenvalue weighted by atomic mass is 32.1. The van der Waals surface area contributed by atoms with Crippen LogP contribution in [0.15, 0.2) is 66.0 Å². The molecule has 1 saturated carbocycles. The van der Waals surface area contributed by atoms with Crippen LogP contribution in [0, 0.1) is 6.92 Å². The zero-order valence-electron chi connectivity index (χ0n) is 27.5. The molecule has 1 aliphatic heterocycles. The van der Waals surface area contributed by atoms with Crippen molar-refractivity contribution in [1.82, 2.24) is 14.9 Å². The van der Waals surface area contributed by atoms with Crippen molar-refractivity contribution in [2.24, 2.45) is 0 Å². The third-order valence-corrected chi connectivity index (χ3v) is 10.5. The third kappa shape index (κ3) is 6.12. The Morgan fingerprint density at radius 3 is 2.60 bits per heavy atom. The number of fused-ring (bicyclic) bond motifs is 5. The topological polar surface area (TPSA) is 106 Å². The number of anilines is 1. The molecule has 1 atom stereocenters. The first-order valence-corrected chi connectivity index (χ1v) is 17.4. The number of thiazole rings is 1. The van der Waals surface area contributed by atoms with E-state index in [1.807, 2.05) is 48.7 Å². The molecule has 0 radical (unpaired) electrons. The van der Waals surface area contributed by atoms with E-state index in [-0.39, 0.29) is 11.9 Å². The molecule has 2 amide bonds. The van der Waals surface area contributed by atoms with Crippen molar-refractivity contribution in [3.63, 3.8) is 0 Å². The Morgan fingerprint density at radius 1 is 1.10 bits per heavy atom. The lowest BCUT2D eigenvalue weighted by Crippen LogP contribution is -2.30. The summed E-state index contributed by atoms with van der Waals surface area (Å²) in [7, 11) is 3.19. The van der Waals surface area contributed by atoms with E-state index in [2.05, 4.69) is 22.0 Å². The standard InChI is InChI=1S/C38H40N4O5S/c1-23-39-32(22-48-23)31(19-24-9-12-27(13-10-24)41(2)38(44)45)40-37(43)26-11-15-29-33(20-26)42-17-18-47-34-21-28(46-3)14-16-30(34)36(42)35(29)25-7-5-4-6-8-25/h9-16,20-22,25,31H,4-8,17-19H2,1-3H3,(H,40,43)(H,44,45)/t31-/m0/s1. The molecular weight excluding hydrogens is 625 g/mol. The number of hydrogen-bond donors (Lipinski definition) is 2. The minimum Gasteiger partial charge on any atom is -0.497 e. The van der Waals surface area contributed by atoms with E-state index in [1.54, 1.807) is 30.6 Å². The molecule has 3 aromatic carbocycles. The van der Waals surface area contributed by atoms with Crippen LogP contribution < -0.4 is 19.7 Å². The highest BCUT2D eigenvalue weighted by molar-refractivity contribution is 7.09. The molecule has 9 nitrogen and oxygen atoms in total. The molecule has 248 valence electrons. The van der Waals surface area contributed by atoms with Crippen molar-refractivity contribution in [3.05, 3.63) is 93.4 Å². The minimum atomic E-state index is -1.02. The van der Waals surface area contributed by atoms with Gasteiger partial charge in [0.1, 0.15) is 18.1 Å². The molecule has 2 aliphatic rings. The normalized spacial score (nSPS) is 15.1. The van der Waals surface area contributed by atoms with Gasteiger partial charge in [-0.2, -0.15) is 0 Å². The molecule has 7 rings (SSSR count). The molecule has 3 heterocycles. The first-order valence-electron chi connectivity index (χ1n) is 16.6. The van der Waals surface area contributed by atoms with Crippen LogP contribution in [0.4, 0.5) is 10.5 Å². The molecule has 10 heteroatoms. The Hall–Kier alpha value is -4.83. The van der Waals surface area contributed by atoms with Crippen molar-refractivity contribution < 1.29 is 24.2 Å². The SMILES string of the molecule is COc1ccc2c(c1)OCCn1c-2c(C2CCCCC2)c2ccc(C(=O)N[C@@H](Cc3ccc(N(C)C(=O)O)cc3)c3csc(C)n3)cc21. The van der Waals surface area contributed by atoms with E-state index < -0.39 is 6.09 Å². The zero-order valence-corrected chi connectivity index (χ0v) is 28.3. The molecule has 0 saturated heterocycles. The smallest absolute Gasteiger partial charge is 0.411 e. The number of nitrogens with one attached hydrogen (secondary N) is 1. The fourth-order valence-electron chi connectivity index (χ4n) is 7.25. The Morgan fingerprint density at radius 2 is 1.90 bits per heavy atom. The molecule has 0 spiro atoms. The first-order chi connectivity index (χ1) is 23.3. The van der Waals surface area contributed by atoms with Crippen molar-refractivity contribution in [1.29, 1.82) is 0 Å². The average molecular weight is 665 g/mol. The van der Waals surface area contributed by atoms with Gasteiger partial charge in [0.15, 0.2) is 0 Å². The number of nitrogens with zero attached hydrogens (tertiary/aromatic N) is 3. The van der Waals surface area contributed by atoms with Gasteiger partial charge in [-0.25, -0.2) is 9.78 Å². The van der Waals surface area contributed by atoms with E-state index in [1.165, 1.54) is 47.9 Å². The fourth-order valence-corrected chi connectivity index (χ4v) is 7.92. The maximum Gasteiger partial charge on any atom is 0.411 e. The van der Waals surface area contributed by atoms with Crippen LogP contribution in [-0.2, 0) is 13.0 Å². The number of amides is 2. The van der Waals surface area contributed by atoms with Gasteiger partial charge < -0.3 is 24.5 Å². The summed E-state index contributed by atoms with van der Waals surface area (Å²) in [5.74, 6) is 1.88. The number of carbonyl (C=O) groups is 2. The maximum atomic E-state index is 14.0. The van der Waals surface area contributed by atoms with Crippen LogP contribution >= 0.6 is 11.3 Å². The van der Waals surface area contributed by atoms with Crippen molar-refractivity contribution >= 4 is 39.9 Å². The number of carboxylic acid groups (broad SMARTS) is 1. The molecule has 5 aromatic rings. The van der Waals surface area contributed by atoms with E-state index in [0.717, 1.165) is 51.7 Å². The lowest BCUT2D eigenvalue weighted by atomic mass is 9.81. The Bertz CT molecular complexity index is 1980. The predicted octanol–water partition coefficient (Wildman–Crippen LogP) is 8.35. The maximum absolute atomic E-state index is 14.0. The first kappa shape index (κ1) is 31.8. The highest BCUT2D eigenvalue weighted by Gasteiger charge is 2.30. The van der Waals surface area contributed by atoms with Gasteiger partial charge in [-0.15, -0.1) is 11.3 Å². The molecule has 2 aromatic heterocycles. The van der Waals surface area contributed by atoms with E-state index in [4.69, 9.17) is 14.5 Å². The van der Waals surface area contributed by atoms with Crippen molar-refractivity contribution in [3.8, 4) is 22.8 Å². The summed E-state index contributed by atoms with van der Waals surface area (Å²) in [4.78, 5) is 31.3. The van der Waals surface area contributed by atoms with E-state index in [9.17, 15) is 14.7 Å². The van der Waals surface area contributed by atoms with Gasteiger partial charge in [0.05, 0.1) is 36.1 Å². The third-order valence-electron chi connectivity index (χ3n) is 9.75. The second-order valence-electron chi connectivity index (χ2n) is 12.7. The molecule has 2 N–H and O–H groups in total. The van der Waals surface area contributed by atoms with E-state index >= 15 is 0 Å². The van der Waals surface area contributed by atoms with Crippen LogP contribution in [0.3, 0.4) is 0 Å². The molecule has 48 heavy (non-hydrogen) atoms. The predicted molar refractivity (Wildman–Crippen MR) is 189 cm³/mol. The molecule has 0 bridgehead atoms. The lowest BCUT2D eigenvalue weighted by molar-refractivity contribution is 0.0935. The van der Waals surface area contributed by atoms with Gasteiger partial charge >= 0.3 is 6.09 Å². The van der Waals surface area contributed by atoms with Gasteiger partial charge in [0, 0.05) is 46.2 Å². The Labute approximate surface area is 284 Å². The molecule has 0 unspecified atom stereocenters. The minimum absolute atomic E-state index is 0.167. The van der Waals surface area contributed by atoms with Crippen LogP contribution in [0.2, 0.25) is 0 Å². The summed E-state index contributed by atoms with van der Waals surface area (Å²) in [6.07, 6.45) is 5.52. The summed E-state index contributed by atoms with van der Waals surface area (Å²) < 4.78 is 14.2. The quantitative estimate of drug-likeness (QED) is 0.173. The monoisotopic (exact) mass is 664 g/mol. The molecule has 1 fully saturated rings. The number of carbonyl (C=O) groups excluding carboxylic acids is 1. The van der Waals surface area contributed by atoms with Crippen LogP contribution in [0.5, 0.6) is 11.5 Å². The number of benzene rings is 3. The fraction of sp³-hybridized carbons (Fsp3) is 0.342. The van der Waals surface area contributed by atoms with Crippen molar-refractivity contribution in [2.75, 3.05) is 25.7 Å². The summed E-state index contributed by atoms with van der Waals surface area (Å²) >= 11 is 1.55. The Kier molecular flexibility index (Phi) is 8.83. The van der Waals surface area contributed by atoms with Crippen molar-refractivity contribution in [2.45, 2.75) is 64.0 Å². The second kappa shape index (κ2) is 13.4. The second-order valence-corrected chi connectivity index (χ2v) is 13.8. The number of rotatable bonds is 8. The average Bonchev–Trinajstić information content (AvgIpc) is 3.62. The summed E-state index contributed by atoms with van der Waals surface area (Å²) in [6, 6.07) is 19.2. The van der Waals surface area contributed by atoms with Gasteiger partial charge in [-0.1, -0.05) is 37.5 Å². The van der Waals surface area contributed by atoms with Crippen LogP contribution in [-0.4, -0.2) is 47.4 Å². The van der Waals surface area contributed by atoms with Gasteiger partial charge in [-0.3, -0.25) is 9.69 Å².